The molecule has 0 amide bonds. The van der Waals surface area contributed by atoms with Crippen molar-refractivity contribution in [3.63, 3.8) is 0 Å². The summed E-state index contributed by atoms with van der Waals surface area (Å²) < 4.78 is 0. The molecule has 0 aliphatic rings. The lowest BCUT2D eigenvalue weighted by Gasteiger charge is -2.13. The summed E-state index contributed by atoms with van der Waals surface area (Å²) in [6, 6.07) is 19.7. The molecule has 1 aromatic heterocycles. The Bertz CT molecular complexity index is 819. The highest BCUT2D eigenvalue weighted by Gasteiger charge is 2.08. The van der Waals surface area contributed by atoms with Crippen LogP contribution in [0.4, 0.5) is 17.3 Å². The van der Waals surface area contributed by atoms with Crippen molar-refractivity contribution in [2.45, 2.75) is 19.9 Å². The molecule has 0 saturated heterocycles. The van der Waals surface area contributed by atoms with E-state index in [-0.39, 0.29) is 6.04 Å². The Morgan fingerprint density at radius 2 is 1.62 bits per heavy atom. The van der Waals surface area contributed by atoms with Crippen molar-refractivity contribution in [3.05, 3.63) is 65.7 Å². The van der Waals surface area contributed by atoms with Gasteiger partial charge in [0.1, 0.15) is 11.6 Å². The Hall–Kier alpha value is -2.59. The van der Waals surface area contributed by atoms with Crippen LogP contribution in [0.2, 0.25) is 5.02 Å². The molecular weight excluding hydrogens is 320 g/mol. The lowest BCUT2D eigenvalue weighted by molar-refractivity contribution is 0.887. The van der Waals surface area contributed by atoms with Crippen LogP contribution in [0.15, 0.2) is 60.7 Å². The largest absolute Gasteiger partial charge is 0.368 e. The Morgan fingerprint density at radius 1 is 0.875 bits per heavy atom. The van der Waals surface area contributed by atoms with E-state index in [9.17, 15) is 0 Å². The van der Waals surface area contributed by atoms with Crippen molar-refractivity contribution in [2.24, 2.45) is 0 Å². The molecule has 24 heavy (non-hydrogen) atoms. The maximum atomic E-state index is 6.05. The molecule has 0 aliphatic heterocycles. The van der Waals surface area contributed by atoms with E-state index < -0.39 is 0 Å². The summed E-state index contributed by atoms with van der Waals surface area (Å²) in [6.07, 6.45) is 0. The van der Waals surface area contributed by atoms with Gasteiger partial charge in [0.05, 0.1) is 0 Å². The Balaban J connectivity index is 1.98. The molecule has 122 valence electrons. The molecule has 4 nitrogen and oxygen atoms in total. The van der Waals surface area contributed by atoms with Crippen LogP contribution in [0, 0.1) is 0 Å². The van der Waals surface area contributed by atoms with Crippen molar-refractivity contribution in [3.8, 4) is 11.4 Å². The van der Waals surface area contributed by atoms with Gasteiger partial charge in [0.15, 0.2) is 5.82 Å². The molecule has 0 spiro atoms. The molecule has 0 saturated carbocycles. The van der Waals surface area contributed by atoms with E-state index >= 15 is 0 Å². The highest BCUT2D eigenvalue weighted by atomic mass is 35.5. The van der Waals surface area contributed by atoms with E-state index in [0.717, 1.165) is 17.1 Å². The summed E-state index contributed by atoms with van der Waals surface area (Å²) >= 11 is 6.05. The molecule has 3 rings (SSSR count). The van der Waals surface area contributed by atoms with Gasteiger partial charge < -0.3 is 10.6 Å². The third-order valence-electron chi connectivity index (χ3n) is 3.29. The maximum Gasteiger partial charge on any atom is 0.163 e. The van der Waals surface area contributed by atoms with E-state index in [4.69, 9.17) is 11.6 Å². The van der Waals surface area contributed by atoms with Crippen LogP contribution in [0.1, 0.15) is 13.8 Å². The van der Waals surface area contributed by atoms with E-state index in [0.29, 0.717) is 16.7 Å². The van der Waals surface area contributed by atoms with Crippen LogP contribution < -0.4 is 10.6 Å². The van der Waals surface area contributed by atoms with Crippen molar-refractivity contribution in [2.75, 3.05) is 10.6 Å². The maximum absolute atomic E-state index is 6.05. The number of nitrogens with one attached hydrogen (secondary N) is 2. The summed E-state index contributed by atoms with van der Waals surface area (Å²) in [5.74, 6) is 2.17. The Morgan fingerprint density at radius 3 is 2.33 bits per heavy atom. The number of hydrogen-bond donors (Lipinski definition) is 2. The third kappa shape index (κ3) is 4.24. The molecule has 0 bridgehead atoms. The molecule has 5 heteroatoms. The molecule has 0 unspecified atom stereocenters. The fraction of sp³-hybridized carbons (Fsp3) is 0.158. The van der Waals surface area contributed by atoms with Gasteiger partial charge >= 0.3 is 0 Å². The first-order valence-electron chi connectivity index (χ1n) is 7.84. The lowest BCUT2D eigenvalue weighted by Crippen LogP contribution is -2.12. The first-order chi connectivity index (χ1) is 11.6. The third-order valence-corrected chi connectivity index (χ3v) is 3.53. The molecule has 0 radical (unpaired) electrons. The normalized spacial score (nSPS) is 10.7. The van der Waals surface area contributed by atoms with Crippen LogP contribution in [0.5, 0.6) is 0 Å². The minimum atomic E-state index is 0.280. The molecule has 0 fully saturated rings. The van der Waals surface area contributed by atoms with Gasteiger partial charge in [0.25, 0.3) is 0 Å². The topological polar surface area (TPSA) is 49.8 Å². The average molecular weight is 339 g/mol. The molecule has 3 aromatic rings. The second kappa shape index (κ2) is 7.32. The Labute approximate surface area is 146 Å². The monoisotopic (exact) mass is 338 g/mol. The first-order valence-corrected chi connectivity index (χ1v) is 8.21. The zero-order chi connectivity index (χ0) is 16.9. The minimum Gasteiger partial charge on any atom is -0.368 e. The predicted octanol–water partition coefficient (Wildman–Crippen LogP) is 5.36. The second-order valence-corrected chi connectivity index (χ2v) is 6.20. The second-order valence-electron chi connectivity index (χ2n) is 5.76. The van der Waals surface area contributed by atoms with Crippen LogP contribution in [-0.4, -0.2) is 16.0 Å². The van der Waals surface area contributed by atoms with Crippen molar-refractivity contribution in [1.29, 1.82) is 0 Å². The number of anilines is 3. The van der Waals surface area contributed by atoms with Crippen molar-refractivity contribution < 1.29 is 0 Å². The van der Waals surface area contributed by atoms with Gasteiger partial charge in [0, 0.05) is 28.4 Å². The van der Waals surface area contributed by atoms with Gasteiger partial charge in [-0.2, -0.15) is 0 Å². The number of benzene rings is 2. The van der Waals surface area contributed by atoms with Crippen LogP contribution in [-0.2, 0) is 0 Å². The highest BCUT2D eigenvalue weighted by molar-refractivity contribution is 6.30. The Kier molecular flexibility index (Phi) is 4.96. The summed E-state index contributed by atoms with van der Waals surface area (Å²) in [5.41, 5.74) is 1.86. The van der Waals surface area contributed by atoms with Gasteiger partial charge in [-0.15, -0.1) is 0 Å². The lowest BCUT2D eigenvalue weighted by atomic mass is 10.2. The predicted molar refractivity (Wildman–Crippen MR) is 101 cm³/mol. The summed E-state index contributed by atoms with van der Waals surface area (Å²) in [7, 11) is 0. The first kappa shape index (κ1) is 16.3. The standard InChI is InChI=1S/C19H19ClN4/c1-13(2)21-17-12-18(22-16-10-6-9-15(20)11-16)24-19(23-17)14-7-4-3-5-8-14/h3-13H,1-2H3,(H2,21,22,23,24). The summed E-state index contributed by atoms with van der Waals surface area (Å²) in [6.45, 7) is 4.16. The fourth-order valence-electron chi connectivity index (χ4n) is 2.31. The summed E-state index contributed by atoms with van der Waals surface area (Å²) in [5, 5.41) is 7.31. The minimum absolute atomic E-state index is 0.280. The van der Waals surface area contributed by atoms with Gasteiger partial charge in [0.2, 0.25) is 0 Å². The number of rotatable bonds is 5. The van der Waals surface area contributed by atoms with Gasteiger partial charge in [-0.1, -0.05) is 48.0 Å². The molecule has 2 N–H and O–H groups in total. The zero-order valence-corrected chi connectivity index (χ0v) is 14.4. The number of aromatic nitrogens is 2. The van der Waals surface area contributed by atoms with Crippen LogP contribution >= 0.6 is 11.6 Å². The van der Waals surface area contributed by atoms with E-state index in [1.54, 1.807) is 0 Å². The van der Waals surface area contributed by atoms with Crippen LogP contribution in [0.25, 0.3) is 11.4 Å². The smallest absolute Gasteiger partial charge is 0.163 e. The van der Waals surface area contributed by atoms with Gasteiger partial charge in [-0.25, -0.2) is 9.97 Å². The van der Waals surface area contributed by atoms with Gasteiger partial charge in [-0.3, -0.25) is 0 Å². The fourth-order valence-corrected chi connectivity index (χ4v) is 2.50. The van der Waals surface area contributed by atoms with E-state index in [1.165, 1.54) is 0 Å². The molecular formula is C19H19ClN4. The van der Waals surface area contributed by atoms with Crippen molar-refractivity contribution in [1.82, 2.24) is 9.97 Å². The quantitative estimate of drug-likeness (QED) is 0.657. The molecule has 2 aromatic carbocycles. The molecule has 1 heterocycles. The highest BCUT2D eigenvalue weighted by Crippen LogP contribution is 2.24. The van der Waals surface area contributed by atoms with Gasteiger partial charge in [-0.05, 0) is 32.0 Å². The number of nitrogens with zero attached hydrogens (tertiary/aromatic N) is 2. The number of hydrogen-bond acceptors (Lipinski definition) is 4. The average Bonchev–Trinajstić information content (AvgIpc) is 2.55. The zero-order valence-electron chi connectivity index (χ0n) is 13.6. The molecule has 0 aliphatic carbocycles. The van der Waals surface area contributed by atoms with E-state index in [2.05, 4.69) is 34.4 Å². The molecule has 0 atom stereocenters. The number of halogens is 1. The van der Waals surface area contributed by atoms with Crippen molar-refractivity contribution >= 4 is 28.9 Å². The SMILES string of the molecule is CC(C)Nc1cc(Nc2cccc(Cl)c2)nc(-c2ccccc2)n1. The van der Waals surface area contributed by atoms with E-state index in [1.807, 2.05) is 60.7 Å². The van der Waals surface area contributed by atoms with Crippen LogP contribution in [0.3, 0.4) is 0 Å². The summed E-state index contributed by atoms with van der Waals surface area (Å²) in [4.78, 5) is 9.25.